The summed E-state index contributed by atoms with van der Waals surface area (Å²) in [7, 11) is -2.39. The molecule has 5 nitrogen and oxygen atoms in total. The number of sulfonamides is 1. The van der Waals surface area contributed by atoms with Crippen LogP contribution < -0.4 is 5.32 Å². The zero-order chi connectivity index (χ0) is 21.2. The molecule has 1 N–H and O–H groups in total. The molecule has 160 valence electrons. The fourth-order valence-corrected chi connectivity index (χ4v) is 8.07. The number of nitrogens with one attached hydrogen (secondary N) is 1. The van der Waals surface area contributed by atoms with E-state index < -0.39 is 15.6 Å². The van der Waals surface area contributed by atoms with Crippen LogP contribution in [0.3, 0.4) is 0 Å². The summed E-state index contributed by atoms with van der Waals surface area (Å²) in [5, 5.41) is 3.72. The summed E-state index contributed by atoms with van der Waals surface area (Å²) in [6.07, 6.45) is 6.97. The van der Waals surface area contributed by atoms with Crippen molar-refractivity contribution in [2.75, 3.05) is 7.05 Å². The lowest BCUT2D eigenvalue weighted by atomic mass is 9.53. The molecule has 29 heavy (non-hydrogen) atoms. The predicted molar refractivity (Wildman–Crippen MR) is 114 cm³/mol. The maximum Gasteiger partial charge on any atom is 0.244 e. The molecule has 5 rings (SSSR count). The number of nitrogens with zero attached hydrogens (tertiary/aromatic N) is 1. The minimum Gasteiger partial charge on any atom is -0.349 e. The Labute approximate surface area is 179 Å². The Bertz CT molecular complexity index is 906. The van der Waals surface area contributed by atoms with E-state index in [1.807, 2.05) is 0 Å². The van der Waals surface area contributed by atoms with Crippen molar-refractivity contribution in [1.82, 2.24) is 9.62 Å². The minimum atomic E-state index is -3.87. The van der Waals surface area contributed by atoms with Crippen molar-refractivity contribution in [3.05, 3.63) is 28.8 Å². The van der Waals surface area contributed by atoms with Crippen LogP contribution in [-0.2, 0) is 14.8 Å². The Morgan fingerprint density at radius 3 is 2.17 bits per heavy atom. The summed E-state index contributed by atoms with van der Waals surface area (Å²) in [5.74, 6) is 1.91. The predicted octanol–water partition coefficient (Wildman–Crippen LogP) is 4.13. The smallest absolute Gasteiger partial charge is 0.244 e. The SMILES string of the molecule is Cc1c(Cl)cccc1S(=O)(=O)N(C)C(C)(C)C(=O)NC12CC3CC(CC(C3)C1)C2. The van der Waals surface area contributed by atoms with Gasteiger partial charge in [0.05, 0.1) is 4.90 Å². The van der Waals surface area contributed by atoms with Gasteiger partial charge in [-0.2, -0.15) is 4.31 Å². The Morgan fingerprint density at radius 1 is 1.14 bits per heavy atom. The van der Waals surface area contributed by atoms with Gasteiger partial charge in [0, 0.05) is 17.6 Å². The second-order valence-electron chi connectivity index (χ2n) is 10.0. The van der Waals surface area contributed by atoms with Crippen molar-refractivity contribution in [1.29, 1.82) is 0 Å². The van der Waals surface area contributed by atoms with Gasteiger partial charge in [0.1, 0.15) is 5.54 Å². The average molecular weight is 439 g/mol. The van der Waals surface area contributed by atoms with Gasteiger partial charge in [-0.25, -0.2) is 8.42 Å². The summed E-state index contributed by atoms with van der Waals surface area (Å²) in [6.45, 7) is 5.05. The lowest BCUT2D eigenvalue weighted by molar-refractivity contribution is -0.134. The minimum absolute atomic E-state index is 0.142. The molecule has 4 aliphatic rings. The number of amides is 1. The average Bonchev–Trinajstić information content (AvgIpc) is 2.61. The number of carbonyl (C=O) groups is 1. The van der Waals surface area contributed by atoms with Gasteiger partial charge in [-0.15, -0.1) is 0 Å². The molecule has 0 atom stereocenters. The molecule has 1 aromatic rings. The van der Waals surface area contributed by atoms with Gasteiger partial charge in [-0.05, 0) is 94.7 Å². The van der Waals surface area contributed by atoms with Gasteiger partial charge in [0.2, 0.25) is 15.9 Å². The molecule has 4 saturated carbocycles. The van der Waals surface area contributed by atoms with Crippen molar-refractivity contribution >= 4 is 27.5 Å². The Hall–Kier alpha value is -1.11. The van der Waals surface area contributed by atoms with E-state index in [1.54, 1.807) is 39.0 Å². The summed E-state index contributed by atoms with van der Waals surface area (Å²) in [4.78, 5) is 13.5. The molecule has 0 radical (unpaired) electrons. The first-order valence-electron chi connectivity index (χ1n) is 10.5. The number of likely N-dealkylation sites (N-methyl/N-ethyl adjacent to an activating group) is 1. The third-order valence-electron chi connectivity index (χ3n) is 7.62. The molecule has 0 unspecified atom stereocenters. The first kappa shape index (κ1) is 21.1. The van der Waals surface area contributed by atoms with Gasteiger partial charge in [0.15, 0.2) is 0 Å². The van der Waals surface area contributed by atoms with Crippen LogP contribution in [0.25, 0.3) is 0 Å². The normalized spacial score (nSPS) is 31.3. The topological polar surface area (TPSA) is 66.5 Å². The lowest BCUT2D eigenvalue weighted by Gasteiger charge is -2.57. The van der Waals surface area contributed by atoms with Crippen molar-refractivity contribution in [2.45, 2.75) is 75.3 Å². The maximum absolute atomic E-state index is 13.4. The summed E-state index contributed by atoms with van der Waals surface area (Å²) in [6, 6.07) is 4.83. The first-order valence-corrected chi connectivity index (χ1v) is 12.3. The van der Waals surface area contributed by atoms with Gasteiger partial charge in [-0.1, -0.05) is 17.7 Å². The molecule has 0 heterocycles. The molecule has 0 aromatic heterocycles. The third-order valence-corrected chi connectivity index (χ3v) is 10.2. The number of hydrogen-bond donors (Lipinski definition) is 1. The van der Waals surface area contributed by atoms with E-state index in [9.17, 15) is 13.2 Å². The highest BCUT2D eigenvalue weighted by Crippen LogP contribution is 2.55. The van der Waals surface area contributed by atoms with E-state index in [1.165, 1.54) is 30.6 Å². The molecule has 4 bridgehead atoms. The number of rotatable bonds is 5. The van der Waals surface area contributed by atoms with Crippen LogP contribution >= 0.6 is 11.6 Å². The van der Waals surface area contributed by atoms with Crippen LogP contribution in [0.5, 0.6) is 0 Å². The first-order chi connectivity index (χ1) is 13.4. The van der Waals surface area contributed by atoms with E-state index >= 15 is 0 Å². The molecule has 0 aliphatic heterocycles. The monoisotopic (exact) mass is 438 g/mol. The largest absolute Gasteiger partial charge is 0.349 e. The zero-order valence-electron chi connectivity index (χ0n) is 17.7. The Kier molecular flexibility index (Phi) is 5.07. The molecule has 4 aliphatic carbocycles. The van der Waals surface area contributed by atoms with E-state index in [0.717, 1.165) is 19.3 Å². The number of halogens is 1. The molecule has 7 heteroatoms. The molecular weight excluding hydrogens is 408 g/mol. The van der Waals surface area contributed by atoms with Gasteiger partial charge in [0.25, 0.3) is 0 Å². The number of carbonyl (C=O) groups excluding carboxylic acids is 1. The van der Waals surface area contributed by atoms with Crippen molar-refractivity contribution in [3.63, 3.8) is 0 Å². The second-order valence-corrected chi connectivity index (χ2v) is 12.4. The van der Waals surface area contributed by atoms with E-state index in [2.05, 4.69) is 5.32 Å². The number of benzene rings is 1. The van der Waals surface area contributed by atoms with Crippen LogP contribution in [0, 0.1) is 24.7 Å². The van der Waals surface area contributed by atoms with Crippen LogP contribution in [0.2, 0.25) is 5.02 Å². The molecular formula is C22H31ClN2O3S. The number of hydrogen-bond acceptors (Lipinski definition) is 3. The molecule has 1 aromatic carbocycles. The van der Waals surface area contributed by atoms with Gasteiger partial charge in [-0.3, -0.25) is 4.79 Å². The molecule has 1 amide bonds. The quantitative estimate of drug-likeness (QED) is 0.751. The highest BCUT2D eigenvalue weighted by atomic mass is 35.5. The Morgan fingerprint density at radius 2 is 1.66 bits per heavy atom. The lowest BCUT2D eigenvalue weighted by Crippen LogP contribution is -2.65. The summed E-state index contributed by atoms with van der Waals surface area (Å²) >= 11 is 6.14. The van der Waals surface area contributed by atoms with Crippen LogP contribution in [0.4, 0.5) is 0 Å². The standard InChI is InChI=1S/C22H31ClN2O3S/c1-14-18(23)6-5-7-19(14)29(27,28)25(4)21(2,3)20(26)24-22-11-15-8-16(12-22)10-17(9-15)13-22/h5-7,15-17H,8-13H2,1-4H3,(H,24,26). The fraction of sp³-hybridized carbons (Fsp3) is 0.682. The molecule has 0 saturated heterocycles. The second kappa shape index (κ2) is 6.96. The van der Waals surface area contributed by atoms with Gasteiger partial charge < -0.3 is 5.32 Å². The Balaban J connectivity index is 1.57. The van der Waals surface area contributed by atoms with Gasteiger partial charge >= 0.3 is 0 Å². The van der Waals surface area contributed by atoms with E-state index in [0.29, 0.717) is 28.3 Å². The fourth-order valence-electron chi connectivity index (χ4n) is 6.12. The molecule has 4 fully saturated rings. The summed E-state index contributed by atoms with van der Waals surface area (Å²) < 4.78 is 27.8. The van der Waals surface area contributed by atoms with Crippen LogP contribution in [-0.4, -0.2) is 36.8 Å². The van der Waals surface area contributed by atoms with Crippen LogP contribution in [0.15, 0.2) is 23.1 Å². The maximum atomic E-state index is 13.4. The summed E-state index contributed by atoms with van der Waals surface area (Å²) in [5.41, 5.74) is -0.866. The van der Waals surface area contributed by atoms with E-state index in [-0.39, 0.29) is 16.3 Å². The highest BCUT2D eigenvalue weighted by molar-refractivity contribution is 7.89. The van der Waals surface area contributed by atoms with Crippen molar-refractivity contribution in [3.8, 4) is 0 Å². The highest BCUT2D eigenvalue weighted by Gasteiger charge is 2.53. The van der Waals surface area contributed by atoms with Crippen molar-refractivity contribution in [2.24, 2.45) is 17.8 Å². The van der Waals surface area contributed by atoms with E-state index in [4.69, 9.17) is 11.6 Å². The zero-order valence-corrected chi connectivity index (χ0v) is 19.2. The van der Waals surface area contributed by atoms with Crippen LogP contribution in [0.1, 0.15) is 57.9 Å². The molecule has 0 spiro atoms. The third kappa shape index (κ3) is 3.51. The van der Waals surface area contributed by atoms with Crippen molar-refractivity contribution < 1.29 is 13.2 Å².